The number of urea groups is 1. The molecule has 1 saturated heterocycles. The second-order valence-electron chi connectivity index (χ2n) is 7.73. The summed E-state index contributed by atoms with van der Waals surface area (Å²) in [6.07, 6.45) is 0. The number of hydrogen-bond acceptors (Lipinski definition) is 3. The second-order valence-corrected chi connectivity index (χ2v) is 7.73. The summed E-state index contributed by atoms with van der Waals surface area (Å²) in [6.45, 7) is 0.357. The number of nitrogens with zero attached hydrogens (tertiary/aromatic N) is 1. The normalized spacial score (nSPS) is 15.1. The van der Waals surface area contributed by atoms with Crippen LogP contribution in [-0.2, 0) is 10.3 Å². The molecule has 0 saturated carbocycles. The number of amides is 3. The van der Waals surface area contributed by atoms with Crippen LogP contribution in [0.15, 0.2) is 103 Å². The Morgan fingerprint density at radius 2 is 1.31 bits per heavy atom. The Balaban J connectivity index is 1.38. The summed E-state index contributed by atoms with van der Waals surface area (Å²) >= 11 is 0. The van der Waals surface area contributed by atoms with Crippen LogP contribution in [0.1, 0.15) is 11.1 Å². The molecular formula is C27H22N2O3. The lowest BCUT2D eigenvalue weighted by atomic mass is 9.82. The van der Waals surface area contributed by atoms with Gasteiger partial charge in [0.2, 0.25) is 0 Å². The zero-order chi connectivity index (χ0) is 22.0. The van der Waals surface area contributed by atoms with Crippen LogP contribution in [0.4, 0.5) is 4.79 Å². The Morgan fingerprint density at radius 1 is 0.719 bits per heavy atom. The fourth-order valence-electron chi connectivity index (χ4n) is 4.23. The predicted octanol–water partition coefficient (Wildman–Crippen LogP) is 4.71. The van der Waals surface area contributed by atoms with E-state index in [1.165, 1.54) is 4.90 Å². The van der Waals surface area contributed by atoms with Gasteiger partial charge in [-0.05, 0) is 34.0 Å². The molecule has 1 aliphatic heterocycles. The summed E-state index contributed by atoms with van der Waals surface area (Å²) in [5, 5.41) is 5.16. The highest BCUT2D eigenvalue weighted by Crippen LogP contribution is 2.35. The van der Waals surface area contributed by atoms with Crippen molar-refractivity contribution in [3.8, 4) is 5.75 Å². The third-order valence-corrected chi connectivity index (χ3v) is 5.82. The van der Waals surface area contributed by atoms with Crippen molar-refractivity contribution in [2.24, 2.45) is 0 Å². The van der Waals surface area contributed by atoms with Gasteiger partial charge in [-0.15, -0.1) is 0 Å². The van der Waals surface area contributed by atoms with Crippen molar-refractivity contribution in [2.75, 3.05) is 13.2 Å². The molecule has 0 unspecified atom stereocenters. The van der Waals surface area contributed by atoms with E-state index in [2.05, 4.69) is 5.32 Å². The number of nitrogens with one attached hydrogen (secondary N) is 1. The predicted molar refractivity (Wildman–Crippen MR) is 123 cm³/mol. The Labute approximate surface area is 186 Å². The average Bonchev–Trinajstić information content (AvgIpc) is 3.11. The number of ether oxygens (including phenoxy) is 1. The molecule has 0 spiro atoms. The maximum atomic E-state index is 13.6. The minimum atomic E-state index is -1.25. The molecular weight excluding hydrogens is 400 g/mol. The van der Waals surface area contributed by atoms with E-state index in [4.69, 9.17) is 4.74 Å². The van der Waals surface area contributed by atoms with Gasteiger partial charge in [0, 0.05) is 0 Å². The number of carbonyl (C=O) groups excluding carboxylic acids is 2. The minimum Gasteiger partial charge on any atom is -0.492 e. The molecule has 158 valence electrons. The molecule has 0 radical (unpaired) electrons. The van der Waals surface area contributed by atoms with E-state index in [1.54, 1.807) is 0 Å². The lowest BCUT2D eigenvalue weighted by Crippen LogP contribution is -2.45. The number of carbonyl (C=O) groups is 2. The first kappa shape index (κ1) is 19.8. The van der Waals surface area contributed by atoms with Gasteiger partial charge >= 0.3 is 6.03 Å². The van der Waals surface area contributed by atoms with Crippen molar-refractivity contribution in [1.82, 2.24) is 10.2 Å². The van der Waals surface area contributed by atoms with Crippen molar-refractivity contribution in [3.05, 3.63) is 114 Å². The highest BCUT2D eigenvalue weighted by Gasteiger charge is 2.53. The fourth-order valence-corrected chi connectivity index (χ4v) is 4.23. The maximum Gasteiger partial charge on any atom is 0.325 e. The van der Waals surface area contributed by atoms with Crippen molar-refractivity contribution in [3.63, 3.8) is 0 Å². The second kappa shape index (κ2) is 8.19. The summed E-state index contributed by atoms with van der Waals surface area (Å²) in [5.41, 5.74) is 0.202. The Morgan fingerprint density at radius 3 is 1.97 bits per heavy atom. The Bertz CT molecular complexity index is 1230. The first-order chi connectivity index (χ1) is 15.7. The first-order valence-electron chi connectivity index (χ1n) is 10.6. The van der Waals surface area contributed by atoms with Gasteiger partial charge in [-0.1, -0.05) is 91.0 Å². The molecule has 0 aliphatic carbocycles. The number of rotatable bonds is 6. The van der Waals surface area contributed by atoms with Crippen LogP contribution in [0, 0.1) is 0 Å². The van der Waals surface area contributed by atoms with Gasteiger partial charge in [-0.3, -0.25) is 9.69 Å². The standard InChI is InChI=1S/C27H22N2O3/c30-25-27(22-11-3-1-4-12-22,23-13-5-2-6-14-23)28-26(31)29(25)17-18-32-24-16-15-20-9-7-8-10-21(20)19-24/h1-16,19H,17-18H2,(H,28,31). The van der Waals surface area contributed by atoms with E-state index in [9.17, 15) is 9.59 Å². The number of fused-ring (bicyclic) bond motifs is 1. The third-order valence-electron chi connectivity index (χ3n) is 5.82. The zero-order valence-electron chi connectivity index (χ0n) is 17.4. The Kier molecular flexibility index (Phi) is 5.07. The van der Waals surface area contributed by atoms with Crippen LogP contribution < -0.4 is 10.1 Å². The maximum absolute atomic E-state index is 13.6. The Hall–Kier alpha value is -4.12. The molecule has 0 aromatic heterocycles. The van der Waals surface area contributed by atoms with Gasteiger partial charge in [0.1, 0.15) is 12.4 Å². The number of hydrogen-bond donors (Lipinski definition) is 1. The van der Waals surface area contributed by atoms with E-state index < -0.39 is 11.6 Å². The third kappa shape index (κ3) is 3.38. The van der Waals surface area contributed by atoms with Crippen LogP contribution in [0.3, 0.4) is 0 Å². The quantitative estimate of drug-likeness (QED) is 0.458. The highest BCUT2D eigenvalue weighted by atomic mass is 16.5. The van der Waals surface area contributed by atoms with Gasteiger partial charge in [0.25, 0.3) is 5.91 Å². The van der Waals surface area contributed by atoms with Crippen molar-refractivity contribution in [2.45, 2.75) is 5.54 Å². The summed E-state index contributed by atoms with van der Waals surface area (Å²) in [7, 11) is 0. The molecule has 5 rings (SSSR count). The highest BCUT2D eigenvalue weighted by molar-refractivity contribution is 6.09. The summed E-state index contributed by atoms with van der Waals surface area (Å²) in [5.74, 6) is 0.398. The molecule has 3 amide bonds. The van der Waals surface area contributed by atoms with Crippen molar-refractivity contribution >= 4 is 22.7 Å². The molecule has 1 heterocycles. The first-order valence-corrected chi connectivity index (χ1v) is 10.6. The molecule has 5 nitrogen and oxygen atoms in total. The SMILES string of the molecule is O=C1NC(c2ccccc2)(c2ccccc2)C(=O)N1CCOc1ccc2ccccc2c1. The van der Waals surface area contributed by atoms with Gasteiger partial charge in [0.15, 0.2) is 5.54 Å². The van der Waals surface area contributed by atoms with Crippen LogP contribution >= 0.6 is 0 Å². The average molecular weight is 422 g/mol. The monoisotopic (exact) mass is 422 g/mol. The fraction of sp³-hybridized carbons (Fsp3) is 0.111. The van der Waals surface area contributed by atoms with Gasteiger partial charge in [-0.2, -0.15) is 0 Å². The number of benzene rings is 4. The molecule has 4 aromatic rings. The number of imide groups is 1. The molecule has 1 fully saturated rings. The van der Waals surface area contributed by atoms with E-state index in [1.807, 2.05) is 103 Å². The molecule has 32 heavy (non-hydrogen) atoms. The van der Waals surface area contributed by atoms with Crippen LogP contribution in [0.25, 0.3) is 10.8 Å². The van der Waals surface area contributed by atoms with Crippen molar-refractivity contribution < 1.29 is 14.3 Å². The van der Waals surface area contributed by atoms with Gasteiger partial charge in [0.05, 0.1) is 6.54 Å². The lowest BCUT2D eigenvalue weighted by molar-refractivity contribution is -0.130. The smallest absolute Gasteiger partial charge is 0.325 e. The van der Waals surface area contributed by atoms with E-state index >= 15 is 0 Å². The van der Waals surface area contributed by atoms with E-state index in [0.717, 1.165) is 21.9 Å². The summed E-state index contributed by atoms with van der Waals surface area (Å²) in [6, 6.07) is 32.1. The van der Waals surface area contributed by atoms with Crippen LogP contribution in [0.5, 0.6) is 5.75 Å². The van der Waals surface area contributed by atoms with Gasteiger partial charge in [-0.25, -0.2) is 4.79 Å². The van der Waals surface area contributed by atoms with Crippen LogP contribution in [0.2, 0.25) is 0 Å². The minimum absolute atomic E-state index is 0.152. The largest absolute Gasteiger partial charge is 0.492 e. The topological polar surface area (TPSA) is 58.6 Å². The molecule has 1 N–H and O–H groups in total. The van der Waals surface area contributed by atoms with E-state index in [0.29, 0.717) is 5.75 Å². The molecule has 0 bridgehead atoms. The molecule has 4 aromatic carbocycles. The van der Waals surface area contributed by atoms with Crippen LogP contribution in [-0.4, -0.2) is 30.0 Å². The zero-order valence-corrected chi connectivity index (χ0v) is 17.4. The molecule has 5 heteroatoms. The summed E-state index contributed by atoms with van der Waals surface area (Å²) in [4.78, 5) is 27.8. The molecule has 1 aliphatic rings. The molecule has 0 atom stereocenters. The van der Waals surface area contributed by atoms with E-state index in [-0.39, 0.29) is 19.1 Å². The van der Waals surface area contributed by atoms with Gasteiger partial charge < -0.3 is 10.1 Å². The summed E-state index contributed by atoms with van der Waals surface area (Å²) < 4.78 is 5.88. The van der Waals surface area contributed by atoms with Crippen molar-refractivity contribution in [1.29, 1.82) is 0 Å². The lowest BCUT2D eigenvalue weighted by Gasteiger charge is -2.28.